The van der Waals surface area contributed by atoms with Crippen LogP contribution in [0.5, 0.6) is 0 Å². The van der Waals surface area contributed by atoms with Gasteiger partial charge in [-0.25, -0.2) is 4.98 Å². The highest BCUT2D eigenvalue weighted by Crippen LogP contribution is 2.30. The van der Waals surface area contributed by atoms with Gasteiger partial charge in [-0.05, 0) is 38.2 Å². The minimum absolute atomic E-state index is 0.0286. The number of H-pyrrole nitrogens is 1. The van der Waals surface area contributed by atoms with E-state index in [1.54, 1.807) is 12.4 Å². The molecule has 0 saturated carbocycles. The molecule has 4 aromatic rings. The van der Waals surface area contributed by atoms with Gasteiger partial charge in [0.15, 0.2) is 0 Å². The zero-order valence-electron chi connectivity index (χ0n) is 19.0. The van der Waals surface area contributed by atoms with E-state index in [1.807, 2.05) is 66.3 Å². The number of benzene rings is 1. The van der Waals surface area contributed by atoms with Gasteiger partial charge in [0, 0.05) is 48.5 Å². The molecule has 0 radical (unpaired) electrons. The number of hydrogen-bond donors (Lipinski definition) is 1. The molecule has 168 valence electrons. The minimum atomic E-state index is 0.0286. The fourth-order valence-corrected chi connectivity index (χ4v) is 4.40. The molecule has 0 bridgehead atoms. The number of hydrogen-bond acceptors (Lipinski definition) is 4. The van der Waals surface area contributed by atoms with E-state index >= 15 is 0 Å². The van der Waals surface area contributed by atoms with Crippen LogP contribution in [-0.4, -0.2) is 69.2 Å². The lowest BCUT2D eigenvalue weighted by molar-refractivity contribution is 0.0773. The van der Waals surface area contributed by atoms with Gasteiger partial charge in [-0.1, -0.05) is 36.4 Å². The third-order valence-electron chi connectivity index (χ3n) is 6.17. The Labute approximate surface area is 193 Å². The van der Waals surface area contributed by atoms with Crippen molar-refractivity contribution in [1.29, 1.82) is 0 Å². The number of amides is 1. The smallest absolute Gasteiger partial charge is 0.257 e. The summed E-state index contributed by atoms with van der Waals surface area (Å²) in [7, 11) is 4.08. The fraction of sp³-hybridized carbons (Fsp3) is 0.269. The van der Waals surface area contributed by atoms with Crippen molar-refractivity contribution in [1.82, 2.24) is 29.5 Å². The van der Waals surface area contributed by atoms with E-state index in [4.69, 9.17) is 0 Å². The molecule has 1 N–H and O–H groups in total. The van der Waals surface area contributed by atoms with Crippen molar-refractivity contribution in [2.75, 3.05) is 33.7 Å². The molecule has 33 heavy (non-hydrogen) atoms. The first-order valence-electron chi connectivity index (χ1n) is 11.3. The lowest BCUT2D eigenvalue weighted by Crippen LogP contribution is -2.34. The van der Waals surface area contributed by atoms with Gasteiger partial charge in [0.1, 0.15) is 5.65 Å². The first kappa shape index (κ1) is 21.2. The molecule has 0 unspecified atom stereocenters. The Morgan fingerprint density at radius 2 is 2.00 bits per heavy atom. The molecule has 3 aromatic heterocycles. The number of rotatable bonds is 6. The highest BCUT2D eigenvalue weighted by molar-refractivity contribution is 6.00. The first-order valence-corrected chi connectivity index (χ1v) is 11.3. The van der Waals surface area contributed by atoms with E-state index < -0.39 is 0 Å². The highest BCUT2D eigenvalue weighted by atomic mass is 16.2. The topological polar surface area (TPSA) is 70.1 Å². The molecule has 0 aliphatic carbocycles. The minimum Gasteiger partial charge on any atom is -0.346 e. The monoisotopic (exact) mass is 440 g/mol. The summed E-state index contributed by atoms with van der Waals surface area (Å²) in [6.45, 7) is 2.83. The van der Waals surface area contributed by atoms with E-state index in [1.165, 1.54) is 11.1 Å². The Hall–Kier alpha value is -3.71. The van der Waals surface area contributed by atoms with E-state index in [0.29, 0.717) is 18.7 Å². The summed E-state index contributed by atoms with van der Waals surface area (Å²) in [6, 6.07) is 14.1. The van der Waals surface area contributed by atoms with E-state index in [0.717, 1.165) is 41.8 Å². The van der Waals surface area contributed by atoms with Crippen molar-refractivity contribution >= 4 is 22.5 Å². The summed E-state index contributed by atoms with van der Waals surface area (Å²) in [5.74, 6) is 0.0286. The van der Waals surface area contributed by atoms with Gasteiger partial charge >= 0.3 is 0 Å². The molecular formula is C26H28N6O. The van der Waals surface area contributed by atoms with Crippen LogP contribution in [0.15, 0.2) is 67.1 Å². The SMILES string of the molecule is CN(C)CCn1ncc(C(=O)N2CC=C(c3c[nH]c4ncccc34)CC2)c1-c1ccccc1. The van der Waals surface area contributed by atoms with Gasteiger partial charge in [0.2, 0.25) is 0 Å². The number of carbonyl (C=O) groups excluding carboxylic acids is 1. The second kappa shape index (κ2) is 9.03. The maximum absolute atomic E-state index is 13.6. The summed E-state index contributed by atoms with van der Waals surface area (Å²) >= 11 is 0. The van der Waals surface area contributed by atoms with Crippen molar-refractivity contribution in [3.05, 3.63) is 78.3 Å². The maximum Gasteiger partial charge on any atom is 0.257 e. The van der Waals surface area contributed by atoms with Crippen LogP contribution in [0, 0.1) is 0 Å². The second-order valence-electron chi connectivity index (χ2n) is 8.63. The Bertz CT molecular complexity index is 1300. The van der Waals surface area contributed by atoms with E-state index in [9.17, 15) is 4.79 Å². The third-order valence-corrected chi connectivity index (χ3v) is 6.17. The molecule has 0 atom stereocenters. The summed E-state index contributed by atoms with van der Waals surface area (Å²) in [4.78, 5) is 25.2. The number of nitrogens with one attached hydrogen (secondary N) is 1. The molecule has 0 spiro atoms. The Kier molecular flexibility index (Phi) is 5.79. The summed E-state index contributed by atoms with van der Waals surface area (Å²) in [5.41, 5.74) is 5.88. The fourth-order valence-electron chi connectivity index (χ4n) is 4.40. The molecule has 4 heterocycles. The summed E-state index contributed by atoms with van der Waals surface area (Å²) < 4.78 is 1.95. The van der Waals surface area contributed by atoms with Gasteiger partial charge in [-0.3, -0.25) is 9.48 Å². The quantitative estimate of drug-likeness (QED) is 0.493. The highest BCUT2D eigenvalue weighted by Gasteiger charge is 2.25. The summed E-state index contributed by atoms with van der Waals surface area (Å²) in [5, 5.41) is 5.71. The molecule has 7 nitrogen and oxygen atoms in total. The largest absolute Gasteiger partial charge is 0.346 e. The second-order valence-corrected chi connectivity index (χ2v) is 8.63. The molecule has 5 rings (SSSR count). The van der Waals surface area contributed by atoms with Crippen molar-refractivity contribution < 1.29 is 4.79 Å². The first-order chi connectivity index (χ1) is 16.1. The Balaban J connectivity index is 1.41. The molecular weight excluding hydrogens is 412 g/mol. The van der Waals surface area contributed by atoms with Crippen LogP contribution in [0.3, 0.4) is 0 Å². The number of likely N-dealkylation sites (N-methyl/N-ethyl adjacent to an activating group) is 1. The van der Waals surface area contributed by atoms with Crippen LogP contribution in [0.1, 0.15) is 22.3 Å². The van der Waals surface area contributed by atoms with Crippen LogP contribution in [0.25, 0.3) is 27.9 Å². The van der Waals surface area contributed by atoms with Crippen LogP contribution < -0.4 is 0 Å². The van der Waals surface area contributed by atoms with Crippen molar-refractivity contribution in [3.8, 4) is 11.3 Å². The van der Waals surface area contributed by atoms with Gasteiger partial charge in [-0.15, -0.1) is 0 Å². The standard InChI is InChI=1S/C26H28N6O/c1-30(2)15-16-32-24(20-7-4-3-5-8-20)23(18-29-32)26(33)31-13-10-19(11-14-31)22-17-28-25-21(22)9-6-12-27-25/h3-10,12,17-18H,11,13-16H2,1-2H3,(H,27,28). The van der Waals surface area contributed by atoms with E-state index in [-0.39, 0.29) is 5.91 Å². The zero-order chi connectivity index (χ0) is 22.8. The van der Waals surface area contributed by atoms with Gasteiger partial charge in [0.05, 0.1) is 24.0 Å². The van der Waals surface area contributed by atoms with Gasteiger partial charge < -0.3 is 14.8 Å². The third kappa shape index (κ3) is 4.19. The van der Waals surface area contributed by atoms with Crippen molar-refractivity contribution in [2.24, 2.45) is 0 Å². The lowest BCUT2D eigenvalue weighted by Gasteiger charge is -2.26. The molecule has 7 heteroatoms. The Morgan fingerprint density at radius 3 is 2.76 bits per heavy atom. The molecule has 1 aliphatic heterocycles. The maximum atomic E-state index is 13.6. The van der Waals surface area contributed by atoms with E-state index in [2.05, 4.69) is 32.1 Å². The zero-order valence-corrected chi connectivity index (χ0v) is 19.0. The average molecular weight is 441 g/mol. The van der Waals surface area contributed by atoms with Crippen molar-refractivity contribution in [3.63, 3.8) is 0 Å². The predicted molar refractivity (Wildman–Crippen MR) is 131 cm³/mol. The lowest BCUT2D eigenvalue weighted by atomic mass is 9.99. The van der Waals surface area contributed by atoms with Crippen molar-refractivity contribution in [2.45, 2.75) is 13.0 Å². The number of carbonyl (C=O) groups is 1. The number of aromatic nitrogens is 4. The average Bonchev–Trinajstić information content (AvgIpc) is 3.47. The number of aromatic amines is 1. The molecule has 0 saturated heterocycles. The van der Waals surface area contributed by atoms with Crippen LogP contribution >= 0.6 is 0 Å². The normalized spacial score (nSPS) is 14.2. The number of nitrogens with zero attached hydrogens (tertiary/aromatic N) is 5. The van der Waals surface area contributed by atoms with Crippen LogP contribution in [-0.2, 0) is 6.54 Å². The van der Waals surface area contributed by atoms with Gasteiger partial charge in [-0.2, -0.15) is 5.10 Å². The molecule has 1 amide bonds. The predicted octanol–water partition coefficient (Wildman–Crippen LogP) is 3.92. The van der Waals surface area contributed by atoms with Crippen LogP contribution in [0.4, 0.5) is 0 Å². The van der Waals surface area contributed by atoms with Crippen LogP contribution in [0.2, 0.25) is 0 Å². The Morgan fingerprint density at radius 1 is 1.15 bits per heavy atom. The molecule has 0 fully saturated rings. The number of pyridine rings is 1. The summed E-state index contributed by atoms with van der Waals surface area (Å²) in [6.07, 6.45) is 8.51. The molecule has 1 aliphatic rings. The van der Waals surface area contributed by atoms with Gasteiger partial charge in [0.25, 0.3) is 5.91 Å². The molecule has 1 aromatic carbocycles. The number of fused-ring (bicyclic) bond motifs is 1.